The van der Waals surface area contributed by atoms with Crippen LogP contribution in [-0.4, -0.2) is 38.1 Å². The molecular formula is C12H19N3O2. The van der Waals surface area contributed by atoms with Crippen molar-refractivity contribution in [3.63, 3.8) is 0 Å². The van der Waals surface area contributed by atoms with Gasteiger partial charge in [-0.15, -0.1) is 0 Å². The zero-order valence-corrected chi connectivity index (χ0v) is 10.3. The Bertz CT molecular complexity index is 349. The molecule has 0 fully saturated rings. The highest BCUT2D eigenvalue weighted by atomic mass is 16.5. The maximum atomic E-state index is 11.2. The third kappa shape index (κ3) is 4.84. The maximum Gasteiger partial charge on any atom is 0.265 e. The molecule has 0 radical (unpaired) electrons. The standard InChI is InChI=1S/C12H19N3O2/c1-15(2)8-3-9-17-11-6-4-10(5-7-11)12(16)14-13/h4-7H,3,8-9,13H2,1-2H3,(H,14,16). The summed E-state index contributed by atoms with van der Waals surface area (Å²) in [4.78, 5) is 13.3. The summed E-state index contributed by atoms with van der Waals surface area (Å²) >= 11 is 0. The number of hydrogen-bond donors (Lipinski definition) is 2. The van der Waals surface area contributed by atoms with Crippen molar-refractivity contribution in [1.82, 2.24) is 10.3 Å². The van der Waals surface area contributed by atoms with Crippen molar-refractivity contribution in [3.05, 3.63) is 29.8 Å². The van der Waals surface area contributed by atoms with Crippen molar-refractivity contribution in [2.75, 3.05) is 27.2 Å². The SMILES string of the molecule is CN(C)CCCOc1ccc(C(=O)NN)cc1. The second kappa shape index (κ2) is 6.88. The molecule has 5 heteroatoms. The van der Waals surface area contributed by atoms with Crippen LogP contribution in [0.5, 0.6) is 5.75 Å². The second-order valence-electron chi connectivity index (χ2n) is 4.00. The first kappa shape index (κ1) is 13.5. The number of hydrogen-bond acceptors (Lipinski definition) is 4. The monoisotopic (exact) mass is 237 g/mol. The van der Waals surface area contributed by atoms with E-state index in [1.54, 1.807) is 24.3 Å². The Labute approximate surface area is 102 Å². The van der Waals surface area contributed by atoms with Crippen LogP contribution in [-0.2, 0) is 0 Å². The van der Waals surface area contributed by atoms with Crippen LogP contribution >= 0.6 is 0 Å². The first-order valence-corrected chi connectivity index (χ1v) is 5.52. The zero-order chi connectivity index (χ0) is 12.7. The fourth-order valence-corrected chi connectivity index (χ4v) is 1.36. The number of carbonyl (C=O) groups is 1. The molecule has 3 N–H and O–H groups in total. The van der Waals surface area contributed by atoms with E-state index in [0.717, 1.165) is 18.7 Å². The van der Waals surface area contributed by atoms with Gasteiger partial charge in [-0.2, -0.15) is 0 Å². The number of hydrazine groups is 1. The van der Waals surface area contributed by atoms with Crippen molar-refractivity contribution in [2.45, 2.75) is 6.42 Å². The zero-order valence-electron chi connectivity index (χ0n) is 10.3. The molecule has 0 bridgehead atoms. The normalized spacial score (nSPS) is 10.4. The van der Waals surface area contributed by atoms with Crippen LogP contribution in [0, 0.1) is 0 Å². The molecule has 0 aliphatic rings. The van der Waals surface area contributed by atoms with Crippen molar-refractivity contribution in [3.8, 4) is 5.75 Å². The molecule has 94 valence electrons. The van der Waals surface area contributed by atoms with E-state index in [1.165, 1.54) is 0 Å². The average Bonchev–Trinajstić information content (AvgIpc) is 2.34. The van der Waals surface area contributed by atoms with E-state index >= 15 is 0 Å². The van der Waals surface area contributed by atoms with Gasteiger partial charge in [-0.1, -0.05) is 0 Å². The highest BCUT2D eigenvalue weighted by Crippen LogP contribution is 2.12. The first-order chi connectivity index (χ1) is 8.13. The number of nitrogens with two attached hydrogens (primary N) is 1. The molecule has 0 spiro atoms. The van der Waals surface area contributed by atoms with Crippen molar-refractivity contribution in [2.24, 2.45) is 5.84 Å². The Hall–Kier alpha value is -1.59. The molecule has 0 unspecified atom stereocenters. The predicted octanol–water partition coefficient (Wildman–Crippen LogP) is 0.621. The number of ether oxygens (including phenoxy) is 1. The lowest BCUT2D eigenvalue weighted by atomic mass is 10.2. The molecular weight excluding hydrogens is 218 g/mol. The summed E-state index contributed by atoms with van der Waals surface area (Å²) in [5.41, 5.74) is 2.60. The molecule has 5 nitrogen and oxygen atoms in total. The Morgan fingerprint density at radius 1 is 1.35 bits per heavy atom. The van der Waals surface area contributed by atoms with Gasteiger partial charge in [0.05, 0.1) is 6.61 Å². The fraction of sp³-hybridized carbons (Fsp3) is 0.417. The smallest absolute Gasteiger partial charge is 0.265 e. The van der Waals surface area contributed by atoms with E-state index in [1.807, 2.05) is 14.1 Å². The highest BCUT2D eigenvalue weighted by Gasteiger charge is 2.02. The van der Waals surface area contributed by atoms with E-state index in [9.17, 15) is 4.79 Å². The molecule has 1 aromatic carbocycles. The summed E-state index contributed by atoms with van der Waals surface area (Å²) in [6, 6.07) is 6.90. The molecule has 0 saturated carbocycles. The van der Waals surface area contributed by atoms with Crippen molar-refractivity contribution in [1.29, 1.82) is 0 Å². The van der Waals surface area contributed by atoms with E-state index in [2.05, 4.69) is 10.3 Å². The van der Waals surface area contributed by atoms with Gasteiger partial charge in [0.1, 0.15) is 5.75 Å². The quantitative estimate of drug-likeness (QED) is 0.329. The summed E-state index contributed by atoms with van der Waals surface area (Å²) in [5.74, 6) is 5.49. The molecule has 1 aromatic rings. The minimum absolute atomic E-state index is 0.302. The van der Waals surface area contributed by atoms with Gasteiger partial charge in [0, 0.05) is 12.1 Å². The number of nitrogens with one attached hydrogen (secondary N) is 1. The van der Waals surface area contributed by atoms with Gasteiger partial charge in [0.15, 0.2) is 0 Å². The molecule has 0 aliphatic carbocycles. The number of nitrogens with zero attached hydrogens (tertiary/aromatic N) is 1. The van der Waals surface area contributed by atoms with E-state index in [0.29, 0.717) is 12.2 Å². The van der Waals surface area contributed by atoms with Gasteiger partial charge in [-0.05, 0) is 44.8 Å². The van der Waals surface area contributed by atoms with E-state index in [4.69, 9.17) is 10.6 Å². The number of rotatable bonds is 6. The first-order valence-electron chi connectivity index (χ1n) is 5.52. The van der Waals surface area contributed by atoms with Gasteiger partial charge in [-0.25, -0.2) is 5.84 Å². The average molecular weight is 237 g/mol. The molecule has 0 saturated heterocycles. The topological polar surface area (TPSA) is 67.6 Å². The minimum atomic E-state index is -0.302. The third-order valence-electron chi connectivity index (χ3n) is 2.27. The number of amides is 1. The molecule has 1 amide bonds. The van der Waals surface area contributed by atoms with Gasteiger partial charge in [0.2, 0.25) is 0 Å². The van der Waals surface area contributed by atoms with Crippen molar-refractivity contribution < 1.29 is 9.53 Å². The van der Waals surface area contributed by atoms with Gasteiger partial charge in [0.25, 0.3) is 5.91 Å². The van der Waals surface area contributed by atoms with E-state index in [-0.39, 0.29) is 5.91 Å². The Morgan fingerprint density at radius 2 is 2.00 bits per heavy atom. The lowest BCUT2D eigenvalue weighted by molar-refractivity contribution is 0.0953. The predicted molar refractivity (Wildman–Crippen MR) is 66.8 cm³/mol. The van der Waals surface area contributed by atoms with Crippen LogP contribution in [0.4, 0.5) is 0 Å². The van der Waals surface area contributed by atoms with Crippen LogP contribution in [0.2, 0.25) is 0 Å². The van der Waals surface area contributed by atoms with Crippen LogP contribution in [0.25, 0.3) is 0 Å². The molecule has 1 rings (SSSR count). The number of nitrogen functional groups attached to an aromatic ring is 1. The lowest BCUT2D eigenvalue weighted by Gasteiger charge is -2.10. The minimum Gasteiger partial charge on any atom is -0.494 e. The number of benzene rings is 1. The number of carbonyl (C=O) groups excluding carboxylic acids is 1. The van der Waals surface area contributed by atoms with Gasteiger partial charge >= 0.3 is 0 Å². The summed E-state index contributed by atoms with van der Waals surface area (Å²) in [5, 5.41) is 0. The van der Waals surface area contributed by atoms with Gasteiger partial charge in [-0.3, -0.25) is 10.2 Å². The largest absolute Gasteiger partial charge is 0.494 e. The third-order valence-corrected chi connectivity index (χ3v) is 2.27. The molecule has 0 atom stereocenters. The lowest BCUT2D eigenvalue weighted by Crippen LogP contribution is -2.29. The van der Waals surface area contributed by atoms with Crippen LogP contribution in [0.3, 0.4) is 0 Å². The molecule has 0 heterocycles. The van der Waals surface area contributed by atoms with Crippen LogP contribution < -0.4 is 16.0 Å². The van der Waals surface area contributed by atoms with E-state index < -0.39 is 0 Å². The Morgan fingerprint density at radius 3 is 2.53 bits per heavy atom. The summed E-state index contributed by atoms with van der Waals surface area (Å²) in [6.45, 7) is 1.66. The van der Waals surface area contributed by atoms with Crippen LogP contribution in [0.15, 0.2) is 24.3 Å². The Kier molecular flexibility index (Phi) is 5.45. The Balaban J connectivity index is 2.38. The summed E-state index contributed by atoms with van der Waals surface area (Å²) in [6.07, 6.45) is 0.970. The summed E-state index contributed by atoms with van der Waals surface area (Å²) < 4.78 is 5.54. The molecule has 0 aliphatic heterocycles. The molecule has 0 aromatic heterocycles. The van der Waals surface area contributed by atoms with Crippen LogP contribution in [0.1, 0.15) is 16.8 Å². The second-order valence-corrected chi connectivity index (χ2v) is 4.00. The fourth-order valence-electron chi connectivity index (χ4n) is 1.36. The summed E-state index contributed by atoms with van der Waals surface area (Å²) in [7, 11) is 4.06. The molecule has 17 heavy (non-hydrogen) atoms. The maximum absolute atomic E-state index is 11.2. The van der Waals surface area contributed by atoms with Gasteiger partial charge < -0.3 is 9.64 Å². The van der Waals surface area contributed by atoms with Crippen molar-refractivity contribution >= 4 is 5.91 Å². The highest BCUT2D eigenvalue weighted by molar-refractivity contribution is 5.93.